The van der Waals surface area contributed by atoms with E-state index in [1.165, 1.54) is 25.3 Å². The number of Topliss-reactive ketones (excluding diaryl/α,β-unsaturated/α-hetero) is 1. The van der Waals surface area contributed by atoms with E-state index in [2.05, 4.69) is 0 Å². The summed E-state index contributed by atoms with van der Waals surface area (Å²) in [5.74, 6) is -0.00780. The minimum absolute atomic E-state index is 0.144. The Morgan fingerprint density at radius 1 is 1.53 bits per heavy atom. The first-order valence-corrected chi connectivity index (χ1v) is 5.16. The van der Waals surface area contributed by atoms with E-state index in [1.54, 1.807) is 0 Å². The van der Waals surface area contributed by atoms with Crippen LogP contribution in [0.5, 0.6) is 5.75 Å². The Morgan fingerprint density at radius 3 is 2.76 bits per heavy atom. The second kappa shape index (κ2) is 5.95. The zero-order valence-corrected chi connectivity index (χ0v) is 9.51. The number of ether oxygens (including phenoxy) is 1. The lowest BCUT2D eigenvalue weighted by atomic mass is 10.1. The molecular formula is C11H14N2O4. The number of nitro groups is 1. The van der Waals surface area contributed by atoms with Crippen LogP contribution in [-0.4, -0.2) is 24.4 Å². The highest BCUT2D eigenvalue weighted by Crippen LogP contribution is 2.27. The molecular weight excluding hydrogens is 224 g/mol. The Kier molecular flexibility index (Phi) is 4.59. The number of nitrogens with two attached hydrogens (primary N) is 1. The minimum Gasteiger partial charge on any atom is -0.490 e. The van der Waals surface area contributed by atoms with Gasteiger partial charge in [-0.1, -0.05) is 0 Å². The van der Waals surface area contributed by atoms with Gasteiger partial charge in [0.2, 0.25) is 0 Å². The monoisotopic (exact) mass is 238 g/mol. The first-order chi connectivity index (χ1) is 8.10. The molecule has 0 aromatic heterocycles. The van der Waals surface area contributed by atoms with Crippen LogP contribution in [0.4, 0.5) is 5.69 Å². The lowest BCUT2D eigenvalue weighted by Gasteiger charge is -2.04. The van der Waals surface area contributed by atoms with Crippen molar-refractivity contribution in [1.82, 2.24) is 0 Å². The number of rotatable bonds is 6. The van der Waals surface area contributed by atoms with Gasteiger partial charge in [0.1, 0.15) is 0 Å². The Bertz CT molecular complexity index is 431. The SMILES string of the molecule is COc1ccc(C(=O)CCCN)cc1[N+](=O)[O-]. The number of nitrogens with zero attached hydrogens (tertiary/aromatic N) is 1. The largest absolute Gasteiger partial charge is 0.490 e. The maximum absolute atomic E-state index is 11.7. The highest BCUT2D eigenvalue weighted by Gasteiger charge is 2.17. The molecule has 0 unspecified atom stereocenters. The van der Waals surface area contributed by atoms with Crippen molar-refractivity contribution in [1.29, 1.82) is 0 Å². The minimum atomic E-state index is -0.571. The van der Waals surface area contributed by atoms with Gasteiger partial charge in [-0.05, 0) is 25.1 Å². The van der Waals surface area contributed by atoms with E-state index in [-0.39, 0.29) is 17.2 Å². The van der Waals surface area contributed by atoms with Gasteiger partial charge < -0.3 is 10.5 Å². The number of benzene rings is 1. The smallest absolute Gasteiger partial charge is 0.311 e. The molecule has 0 spiro atoms. The summed E-state index contributed by atoms with van der Waals surface area (Å²) in [7, 11) is 1.35. The summed E-state index contributed by atoms with van der Waals surface area (Å²) in [5.41, 5.74) is 5.41. The van der Waals surface area contributed by atoms with Gasteiger partial charge in [0.25, 0.3) is 0 Å². The van der Waals surface area contributed by atoms with Crippen LogP contribution >= 0.6 is 0 Å². The summed E-state index contributed by atoms with van der Waals surface area (Å²) in [5, 5.41) is 10.8. The molecule has 0 bridgehead atoms. The van der Waals surface area contributed by atoms with Crippen LogP contribution in [0.1, 0.15) is 23.2 Å². The highest BCUT2D eigenvalue weighted by atomic mass is 16.6. The highest BCUT2D eigenvalue weighted by molar-refractivity contribution is 5.96. The van der Waals surface area contributed by atoms with Crippen LogP contribution in [0.2, 0.25) is 0 Å². The van der Waals surface area contributed by atoms with Gasteiger partial charge >= 0.3 is 5.69 Å². The van der Waals surface area contributed by atoms with Crippen molar-refractivity contribution in [2.75, 3.05) is 13.7 Å². The molecule has 0 saturated carbocycles. The van der Waals surface area contributed by atoms with Crippen LogP contribution < -0.4 is 10.5 Å². The maximum Gasteiger partial charge on any atom is 0.311 e. The Labute approximate surface area is 98.5 Å². The first-order valence-electron chi connectivity index (χ1n) is 5.16. The number of ketones is 1. The van der Waals surface area contributed by atoms with Crippen molar-refractivity contribution in [3.05, 3.63) is 33.9 Å². The van der Waals surface area contributed by atoms with Gasteiger partial charge in [0.05, 0.1) is 12.0 Å². The summed E-state index contributed by atoms with van der Waals surface area (Å²) >= 11 is 0. The molecule has 6 heteroatoms. The van der Waals surface area contributed by atoms with E-state index in [4.69, 9.17) is 10.5 Å². The molecule has 0 amide bonds. The van der Waals surface area contributed by atoms with Crippen molar-refractivity contribution in [2.45, 2.75) is 12.8 Å². The normalized spacial score (nSPS) is 10.0. The Morgan fingerprint density at radius 2 is 2.24 bits per heavy atom. The number of carbonyl (C=O) groups is 1. The van der Waals surface area contributed by atoms with E-state index in [0.717, 1.165) is 0 Å². The third-order valence-corrected chi connectivity index (χ3v) is 2.31. The first kappa shape index (κ1) is 13.1. The third kappa shape index (κ3) is 3.25. The maximum atomic E-state index is 11.7. The van der Waals surface area contributed by atoms with Crippen molar-refractivity contribution in [2.24, 2.45) is 5.73 Å². The number of hydrogen-bond acceptors (Lipinski definition) is 5. The predicted octanol–water partition coefficient (Wildman–Crippen LogP) is 1.52. The summed E-state index contributed by atoms with van der Waals surface area (Å²) in [6.07, 6.45) is 0.860. The van der Waals surface area contributed by atoms with Crippen LogP contribution in [0.15, 0.2) is 18.2 Å². The number of carbonyl (C=O) groups excluding carboxylic acids is 1. The van der Waals surface area contributed by atoms with Gasteiger partial charge in [0, 0.05) is 18.1 Å². The van der Waals surface area contributed by atoms with E-state index in [9.17, 15) is 14.9 Å². The van der Waals surface area contributed by atoms with Crippen LogP contribution in [0.3, 0.4) is 0 Å². The number of hydrogen-bond donors (Lipinski definition) is 1. The molecule has 17 heavy (non-hydrogen) atoms. The molecule has 1 aromatic carbocycles. The van der Waals surface area contributed by atoms with Crippen LogP contribution in [-0.2, 0) is 0 Å². The molecule has 0 fully saturated rings. The molecule has 92 valence electrons. The summed E-state index contributed by atoms with van der Waals surface area (Å²) in [6, 6.07) is 4.18. The van der Waals surface area contributed by atoms with Crippen molar-refractivity contribution >= 4 is 11.5 Å². The molecule has 1 rings (SSSR count). The zero-order valence-electron chi connectivity index (χ0n) is 9.51. The van der Waals surface area contributed by atoms with Gasteiger partial charge in [-0.3, -0.25) is 14.9 Å². The quantitative estimate of drug-likeness (QED) is 0.460. The summed E-state index contributed by atoms with van der Waals surface area (Å²) < 4.78 is 4.85. The van der Waals surface area contributed by atoms with Crippen molar-refractivity contribution in [3.8, 4) is 5.75 Å². The van der Waals surface area contributed by atoms with Crippen molar-refractivity contribution < 1.29 is 14.5 Å². The molecule has 0 aliphatic heterocycles. The molecule has 0 radical (unpaired) electrons. The Balaban J connectivity index is 2.99. The topological polar surface area (TPSA) is 95.5 Å². The fourth-order valence-electron chi connectivity index (χ4n) is 1.41. The molecule has 0 heterocycles. The number of methoxy groups -OCH3 is 1. The van der Waals surface area contributed by atoms with Crippen molar-refractivity contribution in [3.63, 3.8) is 0 Å². The second-order valence-electron chi connectivity index (χ2n) is 3.46. The fraction of sp³-hybridized carbons (Fsp3) is 0.364. The molecule has 2 N–H and O–H groups in total. The van der Waals surface area contributed by atoms with E-state index in [0.29, 0.717) is 24.9 Å². The molecule has 0 saturated heterocycles. The van der Waals surface area contributed by atoms with Crippen LogP contribution in [0.25, 0.3) is 0 Å². The lowest BCUT2D eigenvalue weighted by molar-refractivity contribution is -0.385. The zero-order chi connectivity index (χ0) is 12.8. The Hall–Kier alpha value is -1.95. The average Bonchev–Trinajstić information content (AvgIpc) is 2.34. The molecule has 1 aromatic rings. The summed E-state index contributed by atoms with van der Waals surface area (Å²) in [4.78, 5) is 21.9. The molecule has 6 nitrogen and oxygen atoms in total. The average molecular weight is 238 g/mol. The second-order valence-corrected chi connectivity index (χ2v) is 3.46. The lowest BCUT2D eigenvalue weighted by Crippen LogP contribution is -2.05. The fourth-order valence-corrected chi connectivity index (χ4v) is 1.41. The van der Waals surface area contributed by atoms with E-state index < -0.39 is 4.92 Å². The van der Waals surface area contributed by atoms with E-state index in [1.807, 2.05) is 0 Å². The van der Waals surface area contributed by atoms with Gasteiger partial charge in [0.15, 0.2) is 11.5 Å². The standard InChI is InChI=1S/C11H14N2O4/c1-17-11-5-4-8(7-9(11)13(15)16)10(14)3-2-6-12/h4-5,7H,2-3,6,12H2,1H3. The number of nitro benzene ring substituents is 1. The van der Waals surface area contributed by atoms with Gasteiger partial charge in [-0.15, -0.1) is 0 Å². The predicted molar refractivity (Wildman–Crippen MR) is 62.3 cm³/mol. The van der Waals surface area contributed by atoms with E-state index >= 15 is 0 Å². The molecule has 0 aliphatic carbocycles. The molecule has 0 aliphatic rings. The molecule has 0 atom stereocenters. The van der Waals surface area contributed by atoms with Gasteiger partial charge in [-0.2, -0.15) is 0 Å². The summed E-state index contributed by atoms with van der Waals surface area (Å²) in [6.45, 7) is 0.421. The van der Waals surface area contributed by atoms with Crippen LogP contribution in [0, 0.1) is 10.1 Å². The van der Waals surface area contributed by atoms with Gasteiger partial charge in [-0.25, -0.2) is 0 Å². The third-order valence-electron chi connectivity index (χ3n) is 2.31.